The van der Waals surface area contributed by atoms with Crippen molar-refractivity contribution in [2.45, 2.75) is 0 Å². The third-order valence-corrected chi connectivity index (χ3v) is 7.68. The minimum Gasteiger partial charge on any atom is -0.356 e. The first-order valence-electron chi connectivity index (χ1n) is 14.0. The number of anilines is 2. The zero-order chi connectivity index (χ0) is 27.4. The molecule has 7 rings (SSSR count). The first-order valence-corrected chi connectivity index (χ1v) is 14.0. The molecule has 0 amide bonds. The van der Waals surface area contributed by atoms with E-state index in [9.17, 15) is 0 Å². The topological polar surface area (TPSA) is 12.0 Å². The van der Waals surface area contributed by atoms with E-state index in [0.29, 0.717) is 0 Å². The summed E-state index contributed by atoms with van der Waals surface area (Å²) in [6.07, 6.45) is 0. The van der Waals surface area contributed by atoms with E-state index in [-0.39, 0.29) is 0 Å². The van der Waals surface area contributed by atoms with Crippen molar-refractivity contribution in [2.75, 3.05) is 5.32 Å². The zero-order valence-corrected chi connectivity index (χ0v) is 22.7. The number of benzene rings is 7. The Hall–Kier alpha value is -5.40. The van der Waals surface area contributed by atoms with E-state index in [1.54, 1.807) is 0 Å². The summed E-state index contributed by atoms with van der Waals surface area (Å²) in [5.41, 5.74) is 11.9. The van der Waals surface area contributed by atoms with Gasteiger partial charge in [-0.1, -0.05) is 146 Å². The zero-order valence-electron chi connectivity index (χ0n) is 22.7. The van der Waals surface area contributed by atoms with Crippen LogP contribution in [0.2, 0.25) is 0 Å². The van der Waals surface area contributed by atoms with Gasteiger partial charge < -0.3 is 5.32 Å². The van der Waals surface area contributed by atoms with Crippen LogP contribution in [0.1, 0.15) is 0 Å². The second kappa shape index (κ2) is 11.0. The van der Waals surface area contributed by atoms with Gasteiger partial charge in [-0.15, -0.1) is 0 Å². The first kappa shape index (κ1) is 24.6. The van der Waals surface area contributed by atoms with Crippen LogP contribution in [0.4, 0.5) is 11.4 Å². The lowest BCUT2D eigenvalue weighted by atomic mass is 9.93. The van der Waals surface area contributed by atoms with Gasteiger partial charge in [0, 0.05) is 11.4 Å². The summed E-state index contributed by atoms with van der Waals surface area (Å²) in [4.78, 5) is 0. The van der Waals surface area contributed by atoms with Crippen molar-refractivity contribution >= 4 is 22.1 Å². The summed E-state index contributed by atoms with van der Waals surface area (Å²) in [5.74, 6) is 0. The fourth-order valence-corrected chi connectivity index (χ4v) is 5.58. The molecule has 0 aliphatic heterocycles. The van der Waals surface area contributed by atoms with Gasteiger partial charge >= 0.3 is 0 Å². The number of fused-ring (bicyclic) bond motifs is 1. The van der Waals surface area contributed by atoms with Gasteiger partial charge in [-0.3, -0.25) is 0 Å². The molecular formula is C40H29N. The molecule has 1 N–H and O–H groups in total. The molecule has 0 heterocycles. The molecule has 0 radical (unpaired) electrons. The molecule has 0 unspecified atom stereocenters. The van der Waals surface area contributed by atoms with Crippen molar-refractivity contribution in [3.05, 3.63) is 170 Å². The Labute approximate surface area is 241 Å². The summed E-state index contributed by atoms with van der Waals surface area (Å²) < 4.78 is 0. The van der Waals surface area contributed by atoms with Gasteiger partial charge in [-0.05, 0) is 79.5 Å². The maximum absolute atomic E-state index is 3.64. The van der Waals surface area contributed by atoms with Crippen LogP contribution in [0.5, 0.6) is 0 Å². The average Bonchev–Trinajstić information content (AvgIpc) is 3.06. The van der Waals surface area contributed by atoms with Crippen molar-refractivity contribution in [3.8, 4) is 44.5 Å². The fraction of sp³-hybridized carbons (Fsp3) is 0. The highest BCUT2D eigenvalue weighted by molar-refractivity contribution is 5.97. The van der Waals surface area contributed by atoms with Crippen LogP contribution in [0.3, 0.4) is 0 Å². The van der Waals surface area contributed by atoms with E-state index in [0.717, 1.165) is 11.4 Å². The number of hydrogen-bond acceptors (Lipinski definition) is 1. The van der Waals surface area contributed by atoms with Crippen molar-refractivity contribution in [1.82, 2.24) is 0 Å². The minimum absolute atomic E-state index is 1.06. The quantitative estimate of drug-likeness (QED) is 0.229. The van der Waals surface area contributed by atoms with Crippen LogP contribution >= 0.6 is 0 Å². The van der Waals surface area contributed by atoms with Crippen molar-refractivity contribution in [2.24, 2.45) is 0 Å². The van der Waals surface area contributed by atoms with E-state index in [2.05, 4.69) is 175 Å². The highest BCUT2D eigenvalue weighted by Gasteiger charge is 2.10. The monoisotopic (exact) mass is 523 g/mol. The van der Waals surface area contributed by atoms with Crippen LogP contribution in [0.15, 0.2) is 170 Å². The molecular weight excluding hydrogens is 494 g/mol. The number of hydrogen-bond donors (Lipinski definition) is 1. The van der Waals surface area contributed by atoms with Crippen molar-refractivity contribution < 1.29 is 0 Å². The Morgan fingerprint density at radius 3 is 1.56 bits per heavy atom. The summed E-state index contributed by atoms with van der Waals surface area (Å²) in [6, 6.07) is 60.5. The summed E-state index contributed by atoms with van der Waals surface area (Å²) in [7, 11) is 0. The Balaban J connectivity index is 1.20. The molecule has 7 aromatic rings. The van der Waals surface area contributed by atoms with E-state index >= 15 is 0 Å². The Kier molecular flexibility index (Phi) is 6.61. The van der Waals surface area contributed by atoms with E-state index in [4.69, 9.17) is 0 Å². The Bertz CT molecular complexity index is 1920. The molecule has 7 aromatic carbocycles. The lowest BCUT2D eigenvalue weighted by Gasteiger charge is -2.15. The molecule has 0 aliphatic carbocycles. The van der Waals surface area contributed by atoms with Gasteiger partial charge in [0.2, 0.25) is 0 Å². The molecule has 1 nitrogen and oxygen atoms in total. The lowest BCUT2D eigenvalue weighted by molar-refractivity contribution is 1.52. The van der Waals surface area contributed by atoms with Gasteiger partial charge in [0.1, 0.15) is 0 Å². The standard InChI is InChI=1S/C40H29N/c1-3-10-29(11-4-1)30-18-20-33(21-19-30)39-27-26-36(28-40(39)32-12-5-2-6-13-32)41-35-24-22-34(23-25-35)38-17-9-15-31-14-7-8-16-37(31)38/h1-28,41H. The van der Waals surface area contributed by atoms with Gasteiger partial charge in [0.05, 0.1) is 0 Å². The van der Waals surface area contributed by atoms with Crippen LogP contribution in [0.25, 0.3) is 55.3 Å². The molecule has 0 saturated carbocycles. The second-order valence-corrected chi connectivity index (χ2v) is 10.3. The SMILES string of the molecule is c1ccc(-c2ccc(-c3ccc(Nc4ccc(-c5cccc6ccccc56)cc4)cc3-c3ccccc3)cc2)cc1. The minimum atomic E-state index is 1.06. The third-order valence-electron chi connectivity index (χ3n) is 7.68. The molecule has 0 atom stereocenters. The normalized spacial score (nSPS) is 10.9. The van der Waals surface area contributed by atoms with Crippen molar-refractivity contribution in [1.29, 1.82) is 0 Å². The highest BCUT2D eigenvalue weighted by atomic mass is 14.9. The molecule has 1 heteroatoms. The van der Waals surface area contributed by atoms with Crippen molar-refractivity contribution in [3.63, 3.8) is 0 Å². The van der Waals surface area contributed by atoms with E-state index in [1.807, 2.05) is 0 Å². The predicted molar refractivity (Wildman–Crippen MR) is 175 cm³/mol. The molecule has 0 bridgehead atoms. The second-order valence-electron chi connectivity index (χ2n) is 10.3. The summed E-state index contributed by atoms with van der Waals surface area (Å²) in [6.45, 7) is 0. The molecule has 0 aliphatic rings. The van der Waals surface area contributed by atoms with Gasteiger partial charge in [0.15, 0.2) is 0 Å². The molecule has 0 spiro atoms. The van der Waals surface area contributed by atoms with E-state index < -0.39 is 0 Å². The van der Waals surface area contributed by atoms with E-state index in [1.165, 1.54) is 55.3 Å². The molecule has 0 aromatic heterocycles. The average molecular weight is 524 g/mol. The maximum Gasteiger partial charge on any atom is 0.0390 e. The van der Waals surface area contributed by atoms with Crippen LogP contribution in [-0.2, 0) is 0 Å². The number of rotatable bonds is 6. The molecule has 41 heavy (non-hydrogen) atoms. The summed E-state index contributed by atoms with van der Waals surface area (Å²) in [5, 5.41) is 6.17. The van der Waals surface area contributed by atoms with Gasteiger partial charge in [0.25, 0.3) is 0 Å². The first-order chi connectivity index (χ1) is 20.3. The Morgan fingerprint density at radius 2 is 0.805 bits per heavy atom. The molecule has 0 fully saturated rings. The fourth-order valence-electron chi connectivity index (χ4n) is 5.58. The largest absolute Gasteiger partial charge is 0.356 e. The highest BCUT2D eigenvalue weighted by Crippen LogP contribution is 2.36. The molecule has 194 valence electrons. The lowest BCUT2D eigenvalue weighted by Crippen LogP contribution is -1.93. The summed E-state index contributed by atoms with van der Waals surface area (Å²) >= 11 is 0. The maximum atomic E-state index is 3.64. The van der Waals surface area contributed by atoms with Gasteiger partial charge in [-0.2, -0.15) is 0 Å². The third kappa shape index (κ3) is 5.14. The Morgan fingerprint density at radius 1 is 0.293 bits per heavy atom. The van der Waals surface area contributed by atoms with Crippen LogP contribution < -0.4 is 5.32 Å². The number of nitrogens with one attached hydrogen (secondary N) is 1. The van der Waals surface area contributed by atoms with Crippen LogP contribution in [0, 0.1) is 0 Å². The van der Waals surface area contributed by atoms with Crippen LogP contribution in [-0.4, -0.2) is 0 Å². The smallest absolute Gasteiger partial charge is 0.0390 e. The molecule has 0 saturated heterocycles. The van der Waals surface area contributed by atoms with Gasteiger partial charge in [-0.25, -0.2) is 0 Å². The predicted octanol–water partition coefficient (Wildman–Crippen LogP) is 11.3.